The van der Waals surface area contributed by atoms with Crippen molar-refractivity contribution in [3.05, 3.63) is 23.8 Å². The second-order valence-corrected chi connectivity index (χ2v) is 5.63. The summed E-state index contributed by atoms with van der Waals surface area (Å²) in [6, 6.07) is 4.13. The molecule has 0 saturated carbocycles. The molecule has 0 heterocycles. The average Bonchev–Trinajstić information content (AvgIpc) is 2.28. The fourth-order valence-electron chi connectivity index (χ4n) is 1.43. The molecule has 0 radical (unpaired) electrons. The Labute approximate surface area is 102 Å². The molecule has 0 aliphatic rings. The van der Waals surface area contributed by atoms with Crippen LogP contribution in [0.1, 0.15) is 19.4 Å². The standard InChI is InChI=1S/C11H18N2O3S/c1-3-9-4-5-10(6-11(9)12)17(15,16)13-8(2)7-14/h4-6,8,13-14H,3,7,12H2,1-2H3/t8-/m1/s1. The largest absolute Gasteiger partial charge is 0.398 e. The Morgan fingerprint density at radius 1 is 1.47 bits per heavy atom. The summed E-state index contributed by atoms with van der Waals surface area (Å²) in [4.78, 5) is 0.118. The molecule has 17 heavy (non-hydrogen) atoms. The van der Waals surface area contributed by atoms with Crippen LogP contribution in [0.3, 0.4) is 0 Å². The van der Waals surface area contributed by atoms with Gasteiger partial charge in [-0.3, -0.25) is 0 Å². The maximum atomic E-state index is 11.9. The van der Waals surface area contributed by atoms with Crippen LogP contribution in [0.2, 0.25) is 0 Å². The van der Waals surface area contributed by atoms with Gasteiger partial charge in [0.25, 0.3) is 0 Å². The highest BCUT2D eigenvalue weighted by atomic mass is 32.2. The van der Waals surface area contributed by atoms with Gasteiger partial charge in [0.15, 0.2) is 0 Å². The molecule has 0 aromatic heterocycles. The van der Waals surface area contributed by atoms with Crippen LogP contribution in [0.4, 0.5) is 5.69 Å². The predicted octanol–water partition coefficient (Wildman–Crippen LogP) is 0.490. The zero-order valence-corrected chi connectivity index (χ0v) is 10.8. The Balaban J connectivity index is 3.04. The van der Waals surface area contributed by atoms with E-state index in [1.807, 2.05) is 6.92 Å². The minimum Gasteiger partial charge on any atom is -0.398 e. The third-order valence-corrected chi connectivity index (χ3v) is 4.03. The lowest BCUT2D eigenvalue weighted by Crippen LogP contribution is -2.35. The van der Waals surface area contributed by atoms with E-state index in [4.69, 9.17) is 10.8 Å². The first-order valence-electron chi connectivity index (χ1n) is 5.42. The summed E-state index contributed by atoms with van der Waals surface area (Å²) in [5.41, 5.74) is 7.13. The number of nitrogens with two attached hydrogens (primary N) is 1. The Hall–Kier alpha value is -1.11. The summed E-state index contributed by atoms with van der Waals surface area (Å²) >= 11 is 0. The molecule has 0 bridgehead atoms. The SMILES string of the molecule is CCc1ccc(S(=O)(=O)N[C@H](C)CO)cc1N. The van der Waals surface area contributed by atoms with Gasteiger partial charge >= 0.3 is 0 Å². The topological polar surface area (TPSA) is 92.4 Å². The second kappa shape index (κ2) is 5.48. The van der Waals surface area contributed by atoms with Crippen LogP contribution < -0.4 is 10.5 Å². The van der Waals surface area contributed by atoms with Gasteiger partial charge in [-0.15, -0.1) is 0 Å². The molecule has 1 aromatic rings. The molecule has 1 rings (SSSR count). The van der Waals surface area contributed by atoms with Crippen molar-refractivity contribution in [1.29, 1.82) is 0 Å². The monoisotopic (exact) mass is 258 g/mol. The van der Waals surface area contributed by atoms with E-state index >= 15 is 0 Å². The van der Waals surface area contributed by atoms with E-state index in [9.17, 15) is 8.42 Å². The van der Waals surface area contributed by atoms with Crippen LogP contribution in [0.15, 0.2) is 23.1 Å². The Bertz CT molecular complexity index is 485. The minimum absolute atomic E-state index is 0.118. The lowest BCUT2D eigenvalue weighted by molar-refractivity contribution is 0.265. The maximum absolute atomic E-state index is 11.9. The van der Waals surface area contributed by atoms with E-state index in [2.05, 4.69) is 4.72 Å². The first kappa shape index (κ1) is 14.0. The molecule has 5 nitrogen and oxygen atoms in total. The maximum Gasteiger partial charge on any atom is 0.240 e. The Morgan fingerprint density at radius 3 is 2.59 bits per heavy atom. The zero-order valence-electron chi connectivity index (χ0n) is 9.97. The Morgan fingerprint density at radius 2 is 2.12 bits per heavy atom. The normalized spacial score (nSPS) is 13.6. The minimum atomic E-state index is -3.61. The van der Waals surface area contributed by atoms with Gasteiger partial charge in [-0.25, -0.2) is 13.1 Å². The van der Waals surface area contributed by atoms with Gasteiger partial charge in [0.2, 0.25) is 10.0 Å². The second-order valence-electron chi connectivity index (χ2n) is 3.92. The molecule has 1 aromatic carbocycles. The molecule has 96 valence electrons. The van der Waals surface area contributed by atoms with Crippen LogP contribution in [0.25, 0.3) is 0 Å². The van der Waals surface area contributed by atoms with Gasteiger partial charge < -0.3 is 10.8 Å². The number of aryl methyl sites for hydroxylation is 1. The summed E-state index contributed by atoms with van der Waals surface area (Å²) in [6.45, 7) is 3.29. The average molecular weight is 258 g/mol. The van der Waals surface area contributed by atoms with E-state index < -0.39 is 16.1 Å². The van der Waals surface area contributed by atoms with E-state index in [1.165, 1.54) is 12.1 Å². The lowest BCUT2D eigenvalue weighted by atomic mass is 10.1. The van der Waals surface area contributed by atoms with Crippen LogP contribution in [0.5, 0.6) is 0 Å². The lowest BCUT2D eigenvalue weighted by Gasteiger charge is -2.12. The van der Waals surface area contributed by atoms with Crippen molar-refractivity contribution in [2.75, 3.05) is 12.3 Å². The third kappa shape index (κ3) is 3.42. The number of sulfonamides is 1. The summed E-state index contributed by atoms with van der Waals surface area (Å²) in [7, 11) is -3.61. The molecule has 0 saturated heterocycles. The van der Waals surface area contributed by atoms with Gasteiger partial charge in [0, 0.05) is 11.7 Å². The molecule has 1 atom stereocenters. The number of rotatable bonds is 5. The molecule has 0 amide bonds. The predicted molar refractivity (Wildman–Crippen MR) is 67.1 cm³/mol. The van der Waals surface area contributed by atoms with Gasteiger partial charge in [0.1, 0.15) is 0 Å². The number of nitrogens with one attached hydrogen (secondary N) is 1. The number of aliphatic hydroxyl groups is 1. The number of nitrogen functional groups attached to an aromatic ring is 1. The smallest absolute Gasteiger partial charge is 0.240 e. The summed E-state index contributed by atoms with van der Waals surface area (Å²) in [6.07, 6.45) is 0.757. The van der Waals surface area contributed by atoms with E-state index in [1.54, 1.807) is 13.0 Å². The number of benzene rings is 1. The van der Waals surface area contributed by atoms with Crippen molar-refractivity contribution in [2.45, 2.75) is 31.2 Å². The molecular weight excluding hydrogens is 240 g/mol. The number of anilines is 1. The van der Waals surface area contributed by atoms with Gasteiger partial charge in [-0.1, -0.05) is 13.0 Å². The van der Waals surface area contributed by atoms with Crippen molar-refractivity contribution < 1.29 is 13.5 Å². The number of hydrogen-bond acceptors (Lipinski definition) is 4. The van der Waals surface area contributed by atoms with Gasteiger partial charge in [0.05, 0.1) is 11.5 Å². The summed E-state index contributed by atoms with van der Waals surface area (Å²) in [5.74, 6) is 0. The molecule has 4 N–H and O–H groups in total. The van der Waals surface area contributed by atoms with E-state index in [-0.39, 0.29) is 11.5 Å². The fourth-order valence-corrected chi connectivity index (χ4v) is 2.70. The summed E-state index contributed by atoms with van der Waals surface area (Å²) in [5, 5.41) is 8.83. The molecule has 0 unspecified atom stereocenters. The summed E-state index contributed by atoms with van der Waals surface area (Å²) < 4.78 is 26.1. The van der Waals surface area contributed by atoms with Crippen molar-refractivity contribution in [3.63, 3.8) is 0 Å². The van der Waals surface area contributed by atoms with Crippen LogP contribution in [-0.2, 0) is 16.4 Å². The molecule has 0 aliphatic heterocycles. The number of hydrogen-bond donors (Lipinski definition) is 3. The van der Waals surface area contributed by atoms with Gasteiger partial charge in [-0.05, 0) is 31.0 Å². The van der Waals surface area contributed by atoms with E-state index in [0.717, 1.165) is 12.0 Å². The highest BCUT2D eigenvalue weighted by molar-refractivity contribution is 7.89. The van der Waals surface area contributed by atoms with Crippen molar-refractivity contribution >= 4 is 15.7 Å². The number of aliphatic hydroxyl groups excluding tert-OH is 1. The molecular formula is C11H18N2O3S. The van der Waals surface area contributed by atoms with Crippen LogP contribution >= 0.6 is 0 Å². The highest BCUT2D eigenvalue weighted by Crippen LogP contribution is 2.18. The fraction of sp³-hybridized carbons (Fsp3) is 0.455. The molecule has 0 fully saturated rings. The molecule has 0 aliphatic carbocycles. The molecule has 6 heteroatoms. The highest BCUT2D eigenvalue weighted by Gasteiger charge is 2.17. The Kier molecular flexibility index (Phi) is 4.50. The van der Waals surface area contributed by atoms with E-state index in [0.29, 0.717) is 5.69 Å². The third-order valence-electron chi connectivity index (χ3n) is 2.44. The van der Waals surface area contributed by atoms with Crippen molar-refractivity contribution in [3.8, 4) is 0 Å². The quantitative estimate of drug-likeness (QED) is 0.670. The first-order chi connectivity index (χ1) is 7.90. The zero-order chi connectivity index (χ0) is 13.1. The first-order valence-corrected chi connectivity index (χ1v) is 6.90. The van der Waals surface area contributed by atoms with Crippen LogP contribution in [-0.4, -0.2) is 26.2 Å². The van der Waals surface area contributed by atoms with Crippen LogP contribution in [0, 0.1) is 0 Å². The molecule has 0 spiro atoms. The van der Waals surface area contributed by atoms with Crippen molar-refractivity contribution in [2.24, 2.45) is 0 Å². The van der Waals surface area contributed by atoms with Crippen molar-refractivity contribution in [1.82, 2.24) is 4.72 Å². The van der Waals surface area contributed by atoms with Gasteiger partial charge in [-0.2, -0.15) is 0 Å².